The Balaban J connectivity index is 0.000000248. The van der Waals surface area contributed by atoms with Crippen LogP contribution in [-0.2, 0) is 0 Å². The fourth-order valence-electron chi connectivity index (χ4n) is 3.23. The topological polar surface area (TPSA) is 40.5 Å². The van der Waals surface area contributed by atoms with Crippen LogP contribution < -0.4 is 0 Å². The maximum Gasteiger partial charge on any atom is 0.123 e. The Morgan fingerprint density at radius 3 is 1.90 bits per heavy atom. The van der Waals surface area contributed by atoms with Gasteiger partial charge in [-0.2, -0.15) is 0 Å². The monoisotopic (exact) mass is 390 g/mol. The molecule has 0 spiro atoms. The standard InChI is InChI=1S/C12H12O.C11H10O.2C2H6/c1-8-4-3-5-10-7-11(13)6-9(2)12(8)10;1-8-5-6-10-9(7-8)3-2-4-11(10)12;2*1-2/h3-7,13H,1-2H3;2-7,12H,1H3;2*1-2H3. The summed E-state index contributed by atoms with van der Waals surface area (Å²) in [6.45, 7) is 14.2. The summed E-state index contributed by atoms with van der Waals surface area (Å²) in [5.41, 5.74) is 3.61. The summed E-state index contributed by atoms with van der Waals surface area (Å²) in [6, 6.07) is 21.3. The first-order valence-corrected chi connectivity index (χ1v) is 10.3. The fourth-order valence-corrected chi connectivity index (χ4v) is 3.23. The third-order valence-electron chi connectivity index (χ3n) is 4.38. The molecule has 0 aromatic heterocycles. The van der Waals surface area contributed by atoms with Crippen LogP contribution in [0.2, 0.25) is 0 Å². The number of rotatable bonds is 0. The molecule has 4 rings (SSSR count). The van der Waals surface area contributed by atoms with Gasteiger partial charge in [-0.15, -0.1) is 0 Å². The SMILES string of the molecule is CC.CC.Cc1ccc2c(O)cccc2c1.Cc1cccc2cc(O)cc(C)c12. The number of fused-ring (bicyclic) bond motifs is 2. The van der Waals surface area contributed by atoms with Crippen LogP contribution in [0.5, 0.6) is 11.5 Å². The highest BCUT2D eigenvalue weighted by atomic mass is 16.3. The lowest BCUT2D eigenvalue weighted by Gasteiger charge is -2.05. The van der Waals surface area contributed by atoms with Crippen LogP contribution in [0.25, 0.3) is 21.5 Å². The molecule has 0 radical (unpaired) electrons. The second-order valence-electron chi connectivity index (χ2n) is 6.44. The van der Waals surface area contributed by atoms with E-state index in [9.17, 15) is 10.2 Å². The van der Waals surface area contributed by atoms with E-state index in [0.29, 0.717) is 11.5 Å². The number of hydrogen-bond donors (Lipinski definition) is 2. The molecule has 2 nitrogen and oxygen atoms in total. The van der Waals surface area contributed by atoms with Gasteiger partial charge in [-0.05, 0) is 66.3 Å². The van der Waals surface area contributed by atoms with E-state index in [2.05, 4.69) is 19.1 Å². The molecule has 0 aliphatic heterocycles. The van der Waals surface area contributed by atoms with Gasteiger partial charge in [-0.1, -0.05) is 81.8 Å². The van der Waals surface area contributed by atoms with Crippen molar-refractivity contribution < 1.29 is 10.2 Å². The average molecular weight is 391 g/mol. The van der Waals surface area contributed by atoms with E-state index in [-0.39, 0.29) is 0 Å². The third kappa shape index (κ3) is 6.25. The van der Waals surface area contributed by atoms with Crippen molar-refractivity contribution in [1.82, 2.24) is 0 Å². The third-order valence-corrected chi connectivity index (χ3v) is 4.38. The molecular formula is C27H34O2. The largest absolute Gasteiger partial charge is 0.508 e. The zero-order chi connectivity index (χ0) is 22.0. The molecule has 0 bridgehead atoms. The molecule has 0 amide bonds. The van der Waals surface area contributed by atoms with Crippen LogP contribution in [0.3, 0.4) is 0 Å². The summed E-state index contributed by atoms with van der Waals surface area (Å²) in [7, 11) is 0. The second-order valence-corrected chi connectivity index (χ2v) is 6.44. The minimum Gasteiger partial charge on any atom is -0.508 e. The van der Waals surface area contributed by atoms with E-state index in [1.165, 1.54) is 16.5 Å². The number of aryl methyl sites for hydroxylation is 3. The van der Waals surface area contributed by atoms with Crippen LogP contribution >= 0.6 is 0 Å². The number of aromatic hydroxyl groups is 2. The van der Waals surface area contributed by atoms with Gasteiger partial charge in [0.2, 0.25) is 0 Å². The molecule has 0 unspecified atom stereocenters. The van der Waals surface area contributed by atoms with Crippen LogP contribution in [0.4, 0.5) is 0 Å². The lowest BCUT2D eigenvalue weighted by molar-refractivity contribution is 0.475. The van der Waals surface area contributed by atoms with Crippen molar-refractivity contribution >= 4 is 21.5 Å². The van der Waals surface area contributed by atoms with Crippen molar-refractivity contribution in [2.24, 2.45) is 0 Å². The highest BCUT2D eigenvalue weighted by molar-refractivity contribution is 5.90. The van der Waals surface area contributed by atoms with Gasteiger partial charge in [0.15, 0.2) is 0 Å². The van der Waals surface area contributed by atoms with Gasteiger partial charge in [0.05, 0.1) is 0 Å². The summed E-state index contributed by atoms with van der Waals surface area (Å²) < 4.78 is 0. The molecule has 29 heavy (non-hydrogen) atoms. The van der Waals surface area contributed by atoms with E-state index in [1.807, 2.05) is 77.9 Å². The van der Waals surface area contributed by atoms with Gasteiger partial charge >= 0.3 is 0 Å². The van der Waals surface area contributed by atoms with Crippen LogP contribution in [-0.4, -0.2) is 10.2 Å². The lowest BCUT2D eigenvalue weighted by atomic mass is 10.0. The highest BCUT2D eigenvalue weighted by Crippen LogP contribution is 2.26. The molecule has 0 heterocycles. The molecule has 4 aromatic rings. The van der Waals surface area contributed by atoms with Crippen molar-refractivity contribution in [2.75, 3.05) is 0 Å². The first-order chi connectivity index (χ1) is 14.0. The quantitative estimate of drug-likeness (QED) is 0.319. The Bertz CT molecular complexity index is 1050. The number of benzene rings is 4. The van der Waals surface area contributed by atoms with Crippen molar-refractivity contribution in [3.8, 4) is 11.5 Å². The molecule has 4 aromatic carbocycles. The molecule has 0 aliphatic carbocycles. The smallest absolute Gasteiger partial charge is 0.123 e. The molecule has 0 aliphatic rings. The van der Waals surface area contributed by atoms with Gasteiger partial charge < -0.3 is 10.2 Å². The molecule has 154 valence electrons. The Morgan fingerprint density at radius 2 is 1.21 bits per heavy atom. The molecule has 2 N–H and O–H groups in total. The summed E-state index contributed by atoms with van der Waals surface area (Å²) in [5, 5.41) is 23.2. The molecule has 0 atom stereocenters. The zero-order valence-electron chi connectivity index (χ0n) is 18.7. The van der Waals surface area contributed by atoms with Gasteiger partial charge in [-0.25, -0.2) is 0 Å². The zero-order valence-corrected chi connectivity index (χ0v) is 18.7. The van der Waals surface area contributed by atoms with Crippen LogP contribution in [0, 0.1) is 20.8 Å². The van der Waals surface area contributed by atoms with Crippen molar-refractivity contribution in [3.05, 3.63) is 83.4 Å². The minimum absolute atomic E-state index is 0.343. The number of hydrogen-bond acceptors (Lipinski definition) is 2. The normalized spacial score (nSPS) is 9.48. The van der Waals surface area contributed by atoms with Gasteiger partial charge in [0, 0.05) is 5.39 Å². The van der Waals surface area contributed by atoms with Gasteiger partial charge in [0.1, 0.15) is 11.5 Å². The Morgan fingerprint density at radius 1 is 0.586 bits per heavy atom. The van der Waals surface area contributed by atoms with E-state index in [4.69, 9.17) is 0 Å². The maximum absolute atomic E-state index is 9.46. The first kappa shape index (κ1) is 24.0. The predicted molar refractivity (Wildman–Crippen MR) is 128 cm³/mol. The van der Waals surface area contributed by atoms with E-state index < -0.39 is 0 Å². The maximum atomic E-state index is 9.46. The highest BCUT2D eigenvalue weighted by Gasteiger charge is 2.01. The predicted octanol–water partition coefficient (Wildman–Crippen LogP) is 8.07. The fraction of sp³-hybridized carbons (Fsp3) is 0.259. The molecule has 0 saturated carbocycles. The van der Waals surface area contributed by atoms with Crippen LogP contribution in [0.1, 0.15) is 44.4 Å². The van der Waals surface area contributed by atoms with E-state index >= 15 is 0 Å². The molecule has 2 heteroatoms. The molecule has 0 saturated heterocycles. The summed E-state index contributed by atoms with van der Waals surface area (Å²) >= 11 is 0. The second kappa shape index (κ2) is 11.8. The Kier molecular flexibility index (Phi) is 9.74. The van der Waals surface area contributed by atoms with Gasteiger partial charge in [0.25, 0.3) is 0 Å². The van der Waals surface area contributed by atoms with Crippen molar-refractivity contribution in [3.63, 3.8) is 0 Å². The lowest BCUT2D eigenvalue weighted by Crippen LogP contribution is -1.82. The Hall–Kier alpha value is -3.00. The summed E-state index contributed by atoms with van der Waals surface area (Å²) in [5.74, 6) is 0.697. The number of phenols is 2. The molecule has 0 fully saturated rings. The van der Waals surface area contributed by atoms with E-state index in [0.717, 1.165) is 21.7 Å². The first-order valence-electron chi connectivity index (χ1n) is 10.3. The van der Waals surface area contributed by atoms with E-state index in [1.54, 1.807) is 18.2 Å². The average Bonchev–Trinajstić information content (AvgIpc) is 2.71. The summed E-state index contributed by atoms with van der Waals surface area (Å²) in [4.78, 5) is 0. The summed E-state index contributed by atoms with van der Waals surface area (Å²) in [6.07, 6.45) is 0. The van der Waals surface area contributed by atoms with Crippen molar-refractivity contribution in [2.45, 2.75) is 48.5 Å². The molecular weight excluding hydrogens is 356 g/mol. The van der Waals surface area contributed by atoms with Gasteiger partial charge in [-0.3, -0.25) is 0 Å². The number of phenolic OH excluding ortho intramolecular Hbond substituents is 2. The van der Waals surface area contributed by atoms with Crippen LogP contribution in [0.15, 0.2) is 66.7 Å². The Labute approximate surface area is 175 Å². The van der Waals surface area contributed by atoms with Crippen molar-refractivity contribution in [1.29, 1.82) is 0 Å². The minimum atomic E-state index is 0.343.